The maximum absolute atomic E-state index is 6.15. The van der Waals surface area contributed by atoms with Crippen molar-refractivity contribution < 1.29 is 14.2 Å². The van der Waals surface area contributed by atoms with Crippen LogP contribution in [-0.2, 0) is 10.6 Å². The van der Waals surface area contributed by atoms with E-state index in [1.165, 1.54) is 0 Å². The monoisotopic (exact) mass is 306 g/mol. The smallest absolute Gasteiger partial charge is 0.179 e. The van der Waals surface area contributed by atoms with Crippen LogP contribution in [0.1, 0.15) is 25.3 Å². The molecule has 0 aliphatic carbocycles. The zero-order valence-electron chi connectivity index (χ0n) is 11.4. The summed E-state index contributed by atoms with van der Waals surface area (Å²) in [7, 11) is 1.58. The van der Waals surface area contributed by atoms with E-state index in [0.717, 1.165) is 25.0 Å². The molecule has 19 heavy (non-hydrogen) atoms. The van der Waals surface area contributed by atoms with Crippen LogP contribution in [0.4, 0.5) is 0 Å². The summed E-state index contributed by atoms with van der Waals surface area (Å²) in [5.41, 5.74) is 0.898. The van der Waals surface area contributed by atoms with Crippen molar-refractivity contribution >= 4 is 23.2 Å². The zero-order valence-corrected chi connectivity index (χ0v) is 12.9. The third-order valence-electron chi connectivity index (χ3n) is 2.56. The van der Waals surface area contributed by atoms with Crippen molar-refractivity contribution in [3.8, 4) is 11.5 Å². The van der Waals surface area contributed by atoms with Gasteiger partial charge >= 0.3 is 0 Å². The van der Waals surface area contributed by atoms with Gasteiger partial charge in [-0.25, -0.2) is 0 Å². The van der Waals surface area contributed by atoms with Crippen LogP contribution >= 0.6 is 23.2 Å². The molecule has 0 fully saturated rings. The second-order valence-electron chi connectivity index (χ2n) is 4.06. The first-order chi connectivity index (χ1) is 9.22. The minimum Gasteiger partial charge on any atom is -0.493 e. The number of benzene rings is 1. The fourth-order valence-corrected chi connectivity index (χ4v) is 1.98. The Morgan fingerprint density at radius 3 is 2.58 bits per heavy atom. The molecule has 0 spiro atoms. The van der Waals surface area contributed by atoms with Crippen LogP contribution < -0.4 is 9.47 Å². The van der Waals surface area contributed by atoms with Gasteiger partial charge in [0, 0.05) is 12.5 Å². The van der Waals surface area contributed by atoms with E-state index in [0.29, 0.717) is 35.6 Å². The number of rotatable bonds is 9. The largest absolute Gasteiger partial charge is 0.493 e. The number of methoxy groups -OCH3 is 1. The zero-order chi connectivity index (χ0) is 14.1. The predicted octanol–water partition coefficient (Wildman–Crippen LogP) is 4.28. The Balaban J connectivity index is 2.52. The number of hydrogen-bond acceptors (Lipinski definition) is 3. The molecule has 0 unspecified atom stereocenters. The highest BCUT2D eigenvalue weighted by molar-refractivity contribution is 6.32. The highest BCUT2D eigenvalue weighted by Crippen LogP contribution is 2.36. The van der Waals surface area contributed by atoms with E-state index in [9.17, 15) is 0 Å². The summed E-state index contributed by atoms with van der Waals surface area (Å²) in [4.78, 5) is 0. The first-order valence-corrected chi connectivity index (χ1v) is 7.27. The van der Waals surface area contributed by atoms with Crippen LogP contribution in [0.2, 0.25) is 5.02 Å². The molecular weight excluding hydrogens is 287 g/mol. The van der Waals surface area contributed by atoms with Crippen molar-refractivity contribution in [2.75, 3.05) is 26.9 Å². The van der Waals surface area contributed by atoms with E-state index >= 15 is 0 Å². The van der Waals surface area contributed by atoms with Gasteiger partial charge in [-0.1, -0.05) is 24.9 Å². The minimum absolute atomic E-state index is 0.385. The van der Waals surface area contributed by atoms with Crippen molar-refractivity contribution in [2.45, 2.75) is 25.6 Å². The number of halogens is 2. The molecule has 0 bridgehead atoms. The molecule has 1 aromatic carbocycles. The van der Waals surface area contributed by atoms with Crippen LogP contribution in [0.3, 0.4) is 0 Å². The SMILES string of the molecule is CCCCOCCOc1c(Cl)cc(CCl)cc1OC. The number of alkyl halides is 1. The molecule has 3 nitrogen and oxygen atoms in total. The van der Waals surface area contributed by atoms with E-state index in [4.69, 9.17) is 37.4 Å². The molecule has 0 N–H and O–H groups in total. The lowest BCUT2D eigenvalue weighted by Gasteiger charge is -2.13. The van der Waals surface area contributed by atoms with Gasteiger partial charge in [0.15, 0.2) is 11.5 Å². The van der Waals surface area contributed by atoms with E-state index < -0.39 is 0 Å². The molecule has 0 aliphatic rings. The van der Waals surface area contributed by atoms with Gasteiger partial charge in [0.05, 0.1) is 18.7 Å². The maximum Gasteiger partial charge on any atom is 0.179 e. The Morgan fingerprint density at radius 1 is 1.16 bits per heavy atom. The molecule has 0 atom stereocenters. The summed E-state index contributed by atoms with van der Waals surface area (Å²) in [6.45, 7) is 3.87. The second kappa shape index (κ2) is 9.29. The van der Waals surface area contributed by atoms with E-state index in [1.807, 2.05) is 6.07 Å². The highest BCUT2D eigenvalue weighted by atomic mass is 35.5. The molecule has 0 amide bonds. The lowest BCUT2D eigenvalue weighted by molar-refractivity contribution is 0.0970. The Bertz CT molecular complexity index is 383. The Hall–Kier alpha value is -0.640. The van der Waals surface area contributed by atoms with Crippen LogP contribution in [0.15, 0.2) is 12.1 Å². The average molecular weight is 307 g/mol. The van der Waals surface area contributed by atoms with E-state index in [2.05, 4.69) is 6.92 Å². The number of unbranched alkanes of at least 4 members (excludes halogenated alkanes) is 1. The molecule has 0 saturated carbocycles. The summed E-state index contributed by atoms with van der Waals surface area (Å²) in [6.07, 6.45) is 2.19. The van der Waals surface area contributed by atoms with Crippen LogP contribution in [0.5, 0.6) is 11.5 Å². The van der Waals surface area contributed by atoms with Crippen LogP contribution in [0.25, 0.3) is 0 Å². The first-order valence-electron chi connectivity index (χ1n) is 6.35. The van der Waals surface area contributed by atoms with Crippen molar-refractivity contribution in [1.29, 1.82) is 0 Å². The number of hydrogen-bond donors (Lipinski definition) is 0. The highest BCUT2D eigenvalue weighted by Gasteiger charge is 2.11. The molecule has 0 radical (unpaired) electrons. The van der Waals surface area contributed by atoms with Gasteiger partial charge in [0.2, 0.25) is 0 Å². The average Bonchev–Trinajstić information content (AvgIpc) is 2.43. The second-order valence-corrected chi connectivity index (χ2v) is 4.73. The first kappa shape index (κ1) is 16.4. The van der Waals surface area contributed by atoms with E-state index in [1.54, 1.807) is 13.2 Å². The van der Waals surface area contributed by atoms with Gasteiger partial charge in [-0.2, -0.15) is 0 Å². The Kier molecular flexibility index (Phi) is 8.03. The molecule has 0 aromatic heterocycles. The molecule has 0 aliphatic heterocycles. The van der Waals surface area contributed by atoms with Gasteiger partial charge < -0.3 is 14.2 Å². The normalized spacial score (nSPS) is 10.5. The molecule has 1 aromatic rings. The molecular formula is C14H20Cl2O3. The lowest BCUT2D eigenvalue weighted by atomic mass is 10.2. The third-order valence-corrected chi connectivity index (χ3v) is 3.15. The van der Waals surface area contributed by atoms with Crippen LogP contribution in [-0.4, -0.2) is 26.9 Å². The topological polar surface area (TPSA) is 27.7 Å². The molecule has 108 valence electrons. The molecule has 5 heteroatoms. The molecule has 1 rings (SSSR count). The van der Waals surface area contributed by atoms with E-state index in [-0.39, 0.29) is 0 Å². The van der Waals surface area contributed by atoms with Crippen molar-refractivity contribution in [1.82, 2.24) is 0 Å². The van der Waals surface area contributed by atoms with Crippen molar-refractivity contribution in [3.63, 3.8) is 0 Å². The quantitative estimate of drug-likeness (QED) is 0.503. The summed E-state index contributed by atoms with van der Waals surface area (Å²) >= 11 is 11.9. The van der Waals surface area contributed by atoms with Gasteiger partial charge in [0.25, 0.3) is 0 Å². The summed E-state index contributed by atoms with van der Waals surface area (Å²) in [5, 5.41) is 0.503. The number of ether oxygens (including phenoxy) is 3. The van der Waals surface area contributed by atoms with Gasteiger partial charge in [-0.05, 0) is 24.1 Å². The summed E-state index contributed by atoms with van der Waals surface area (Å²) in [6, 6.07) is 3.61. The summed E-state index contributed by atoms with van der Waals surface area (Å²) in [5.74, 6) is 1.52. The fraction of sp³-hybridized carbons (Fsp3) is 0.571. The standard InChI is InChI=1S/C14H20Cl2O3/c1-3-4-5-18-6-7-19-14-12(16)8-11(10-15)9-13(14)17-2/h8-9H,3-7,10H2,1-2H3. The molecule has 0 heterocycles. The van der Waals surface area contributed by atoms with Gasteiger partial charge in [-0.3, -0.25) is 0 Å². The maximum atomic E-state index is 6.15. The van der Waals surface area contributed by atoms with Crippen molar-refractivity contribution in [3.05, 3.63) is 22.7 Å². The van der Waals surface area contributed by atoms with Gasteiger partial charge in [-0.15, -0.1) is 11.6 Å². The van der Waals surface area contributed by atoms with Crippen molar-refractivity contribution in [2.24, 2.45) is 0 Å². The predicted molar refractivity (Wildman–Crippen MR) is 78.8 cm³/mol. The lowest BCUT2D eigenvalue weighted by Crippen LogP contribution is -2.08. The van der Waals surface area contributed by atoms with Crippen LogP contribution in [0, 0.1) is 0 Å². The Labute approximate surface area is 124 Å². The Morgan fingerprint density at radius 2 is 1.95 bits per heavy atom. The minimum atomic E-state index is 0.385. The fourth-order valence-electron chi connectivity index (χ4n) is 1.54. The van der Waals surface area contributed by atoms with Gasteiger partial charge in [0.1, 0.15) is 6.61 Å². The third kappa shape index (κ3) is 5.47. The summed E-state index contributed by atoms with van der Waals surface area (Å²) < 4.78 is 16.3. The molecule has 0 saturated heterocycles.